The molecular formula is C10H11ClFNO5S. The molecule has 1 aromatic carbocycles. The van der Waals surface area contributed by atoms with Crippen molar-refractivity contribution in [3.05, 3.63) is 29.0 Å². The molecule has 0 aliphatic rings. The number of aliphatic carboxylic acids is 1. The highest BCUT2D eigenvalue weighted by molar-refractivity contribution is 7.89. The van der Waals surface area contributed by atoms with Crippen LogP contribution in [-0.2, 0) is 14.8 Å². The zero-order valence-corrected chi connectivity index (χ0v) is 11.2. The summed E-state index contributed by atoms with van der Waals surface area (Å²) in [5.41, 5.74) is 0. The van der Waals surface area contributed by atoms with Crippen molar-refractivity contribution in [1.82, 2.24) is 4.72 Å². The molecule has 0 aliphatic carbocycles. The quantitative estimate of drug-likeness (QED) is 0.738. The molecule has 0 spiro atoms. The van der Waals surface area contributed by atoms with Crippen LogP contribution in [0, 0.1) is 5.82 Å². The van der Waals surface area contributed by atoms with Crippen molar-refractivity contribution in [2.75, 3.05) is 0 Å². The van der Waals surface area contributed by atoms with E-state index >= 15 is 0 Å². The van der Waals surface area contributed by atoms with Gasteiger partial charge in [0.1, 0.15) is 11.9 Å². The van der Waals surface area contributed by atoms with Gasteiger partial charge in [-0.1, -0.05) is 11.6 Å². The molecule has 0 radical (unpaired) electrons. The van der Waals surface area contributed by atoms with Gasteiger partial charge in [-0.05, 0) is 25.1 Å². The molecule has 0 fully saturated rings. The SMILES string of the molecule is CC(O)C(NS(=O)(=O)c1ccc(F)c(Cl)c1)C(=O)O. The van der Waals surface area contributed by atoms with Gasteiger partial charge in [-0.3, -0.25) is 4.79 Å². The van der Waals surface area contributed by atoms with E-state index in [-0.39, 0.29) is 0 Å². The third-order valence-corrected chi connectivity index (χ3v) is 3.96. The number of aliphatic hydroxyl groups excluding tert-OH is 1. The predicted molar refractivity (Wildman–Crippen MR) is 64.8 cm³/mol. The highest BCUT2D eigenvalue weighted by atomic mass is 35.5. The molecule has 1 aromatic rings. The van der Waals surface area contributed by atoms with Crippen LogP contribution in [-0.4, -0.2) is 36.7 Å². The molecule has 0 saturated carbocycles. The van der Waals surface area contributed by atoms with Gasteiger partial charge in [0.15, 0.2) is 0 Å². The first kappa shape index (κ1) is 15.8. The van der Waals surface area contributed by atoms with E-state index in [0.29, 0.717) is 0 Å². The van der Waals surface area contributed by atoms with Gasteiger partial charge in [0, 0.05) is 0 Å². The van der Waals surface area contributed by atoms with E-state index in [0.717, 1.165) is 25.1 Å². The molecule has 2 atom stereocenters. The van der Waals surface area contributed by atoms with Crippen molar-refractivity contribution < 1.29 is 27.8 Å². The van der Waals surface area contributed by atoms with Crippen molar-refractivity contribution in [1.29, 1.82) is 0 Å². The second kappa shape index (κ2) is 5.83. The first-order valence-electron chi connectivity index (χ1n) is 5.03. The molecule has 6 nitrogen and oxygen atoms in total. The topological polar surface area (TPSA) is 104 Å². The van der Waals surface area contributed by atoms with E-state index in [4.69, 9.17) is 16.7 Å². The summed E-state index contributed by atoms with van der Waals surface area (Å²) in [6.45, 7) is 1.12. The first-order valence-corrected chi connectivity index (χ1v) is 6.89. The van der Waals surface area contributed by atoms with Crippen LogP contribution >= 0.6 is 11.6 Å². The number of halogens is 2. The third-order valence-electron chi connectivity index (χ3n) is 2.23. The van der Waals surface area contributed by atoms with Crippen LogP contribution in [0.5, 0.6) is 0 Å². The van der Waals surface area contributed by atoms with Crippen molar-refractivity contribution in [3.8, 4) is 0 Å². The van der Waals surface area contributed by atoms with Crippen LogP contribution in [0.4, 0.5) is 4.39 Å². The molecule has 0 amide bonds. The highest BCUT2D eigenvalue weighted by Gasteiger charge is 2.29. The van der Waals surface area contributed by atoms with Gasteiger partial charge in [0.2, 0.25) is 10.0 Å². The van der Waals surface area contributed by atoms with E-state index < -0.39 is 43.9 Å². The largest absolute Gasteiger partial charge is 0.480 e. The standard InChI is InChI=1S/C10H11ClFNO5S/c1-5(14)9(10(15)16)13-19(17,18)6-2-3-8(12)7(11)4-6/h2-5,9,13-14H,1H3,(H,15,16). The Morgan fingerprint density at radius 1 is 1.47 bits per heavy atom. The van der Waals surface area contributed by atoms with Gasteiger partial charge in [-0.2, -0.15) is 4.72 Å². The zero-order valence-electron chi connectivity index (χ0n) is 9.67. The molecule has 9 heteroatoms. The van der Waals surface area contributed by atoms with Crippen LogP contribution < -0.4 is 4.72 Å². The maximum atomic E-state index is 12.9. The summed E-state index contributed by atoms with van der Waals surface area (Å²) < 4.78 is 38.4. The summed E-state index contributed by atoms with van der Waals surface area (Å²) in [4.78, 5) is 10.4. The molecule has 0 heterocycles. The number of rotatable bonds is 5. The first-order chi connectivity index (χ1) is 8.65. The summed E-state index contributed by atoms with van der Waals surface area (Å²) in [7, 11) is -4.23. The van der Waals surface area contributed by atoms with Crippen molar-refractivity contribution in [3.63, 3.8) is 0 Å². The number of aliphatic hydroxyl groups is 1. The Kier molecular flexibility index (Phi) is 4.86. The van der Waals surface area contributed by atoms with Crippen LogP contribution in [0.25, 0.3) is 0 Å². The highest BCUT2D eigenvalue weighted by Crippen LogP contribution is 2.19. The van der Waals surface area contributed by atoms with Gasteiger partial charge < -0.3 is 10.2 Å². The second-order valence-corrected chi connectivity index (χ2v) is 5.87. The van der Waals surface area contributed by atoms with Gasteiger partial charge in [-0.25, -0.2) is 12.8 Å². The van der Waals surface area contributed by atoms with Gasteiger partial charge >= 0.3 is 5.97 Å². The van der Waals surface area contributed by atoms with Crippen molar-refractivity contribution in [2.24, 2.45) is 0 Å². The Labute approximate surface area is 113 Å². The van der Waals surface area contributed by atoms with Gasteiger partial charge in [0.25, 0.3) is 0 Å². The predicted octanol–water partition coefficient (Wildman–Crippen LogP) is 0.591. The lowest BCUT2D eigenvalue weighted by Crippen LogP contribution is -2.47. The Hall–Kier alpha value is -1.22. The Morgan fingerprint density at radius 3 is 2.47 bits per heavy atom. The lowest BCUT2D eigenvalue weighted by molar-refractivity contribution is -0.141. The normalized spacial score (nSPS) is 14.9. The Morgan fingerprint density at radius 2 is 2.05 bits per heavy atom. The van der Waals surface area contributed by atoms with Gasteiger partial charge in [0.05, 0.1) is 16.0 Å². The number of carboxylic acid groups (broad SMARTS) is 1. The minimum Gasteiger partial charge on any atom is -0.480 e. The summed E-state index contributed by atoms with van der Waals surface area (Å²) in [6.07, 6.45) is -1.44. The fraction of sp³-hybridized carbons (Fsp3) is 0.300. The number of carbonyl (C=O) groups is 1. The lowest BCUT2D eigenvalue weighted by atomic mass is 10.2. The molecule has 2 unspecified atom stereocenters. The number of hydrogen-bond donors (Lipinski definition) is 3. The van der Waals surface area contributed by atoms with E-state index in [1.54, 1.807) is 4.72 Å². The molecule has 106 valence electrons. The van der Waals surface area contributed by atoms with Crippen LogP contribution in [0.15, 0.2) is 23.1 Å². The molecule has 3 N–H and O–H groups in total. The van der Waals surface area contributed by atoms with Crippen LogP contribution in [0.1, 0.15) is 6.92 Å². The summed E-state index contributed by atoms with van der Waals surface area (Å²) in [5, 5.41) is 17.6. The molecule has 19 heavy (non-hydrogen) atoms. The number of carboxylic acids is 1. The van der Waals surface area contributed by atoms with Crippen LogP contribution in [0.2, 0.25) is 5.02 Å². The van der Waals surface area contributed by atoms with Crippen molar-refractivity contribution in [2.45, 2.75) is 24.0 Å². The van der Waals surface area contributed by atoms with E-state index in [1.165, 1.54) is 0 Å². The Balaban J connectivity index is 3.10. The number of sulfonamides is 1. The average Bonchev–Trinajstić information content (AvgIpc) is 2.28. The summed E-state index contributed by atoms with van der Waals surface area (Å²) in [5.74, 6) is -2.34. The molecule has 0 aromatic heterocycles. The van der Waals surface area contributed by atoms with E-state index in [2.05, 4.69) is 0 Å². The lowest BCUT2D eigenvalue weighted by Gasteiger charge is -2.17. The second-order valence-electron chi connectivity index (χ2n) is 3.75. The number of nitrogens with one attached hydrogen (secondary N) is 1. The third kappa shape index (κ3) is 3.87. The Bertz CT molecular complexity index is 590. The van der Waals surface area contributed by atoms with Crippen molar-refractivity contribution >= 4 is 27.6 Å². The summed E-state index contributed by atoms with van der Waals surface area (Å²) >= 11 is 5.45. The fourth-order valence-electron chi connectivity index (χ4n) is 1.23. The summed E-state index contributed by atoms with van der Waals surface area (Å²) in [6, 6.07) is 0.911. The van der Waals surface area contributed by atoms with Gasteiger partial charge in [-0.15, -0.1) is 0 Å². The number of hydrogen-bond acceptors (Lipinski definition) is 4. The zero-order chi connectivity index (χ0) is 14.8. The smallest absolute Gasteiger partial charge is 0.324 e. The molecule has 0 saturated heterocycles. The molecule has 1 rings (SSSR count). The minimum atomic E-state index is -4.23. The maximum Gasteiger partial charge on any atom is 0.324 e. The number of benzene rings is 1. The minimum absolute atomic E-state index is 0.397. The van der Waals surface area contributed by atoms with Crippen LogP contribution in [0.3, 0.4) is 0 Å². The fourth-order valence-corrected chi connectivity index (χ4v) is 2.77. The van der Waals surface area contributed by atoms with E-state index in [1.807, 2.05) is 0 Å². The molecule has 0 bridgehead atoms. The molecule has 0 aliphatic heterocycles. The monoisotopic (exact) mass is 311 g/mol. The molecular weight excluding hydrogens is 301 g/mol. The maximum absolute atomic E-state index is 12.9. The average molecular weight is 312 g/mol. The van der Waals surface area contributed by atoms with E-state index in [9.17, 15) is 22.7 Å².